The van der Waals surface area contributed by atoms with Crippen molar-refractivity contribution in [2.24, 2.45) is 5.73 Å². The second-order valence-corrected chi connectivity index (χ2v) is 5.49. The molecule has 0 aromatic heterocycles. The van der Waals surface area contributed by atoms with Crippen molar-refractivity contribution in [3.8, 4) is 0 Å². The van der Waals surface area contributed by atoms with Crippen LogP contribution in [0.3, 0.4) is 0 Å². The van der Waals surface area contributed by atoms with E-state index in [-0.39, 0.29) is 0 Å². The molecule has 0 amide bonds. The maximum absolute atomic E-state index is 8.71. The van der Waals surface area contributed by atoms with E-state index in [1.165, 1.54) is 51.5 Å². The molecule has 3 N–H and O–H groups in total. The Labute approximate surface area is 99.0 Å². The van der Waals surface area contributed by atoms with E-state index >= 15 is 0 Å². The summed E-state index contributed by atoms with van der Waals surface area (Å²) in [7, 11) is 0. The molecule has 2 unspecified atom stereocenters. The summed E-state index contributed by atoms with van der Waals surface area (Å²) < 4.78 is 0. The zero-order chi connectivity index (χ0) is 11.4. The third-order valence-corrected chi connectivity index (χ3v) is 4.25. The molecular formula is C13H26N2O. The van der Waals surface area contributed by atoms with Crippen LogP contribution in [0.15, 0.2) is 0 Å². The van der Waals surface area contributed by atoms with Gasteiger partial charge in [0, 0.05) is 24.7 Å². The molecule has 0 aliphatic carbocycles. The van der Waals surface area contributed by atoms with Gasteiger partial charge in [0.25, 0.3) is 0 Å². The normalized spacial score (nSPS) is 34.5. The van der Waals surface area contributed by atoms with Crippen LogP contribution in [0.1, 0.15) is 51.4 Å². The number of nitrogens with two attached hydrogens (primary N) is 1. The van der Waals surface area contributed by atoms with E-state index in [1.54, 1.807) is 0 Å². The number of hydrogen-bond acceptors (Lipinski definition) is 3. The van der Waals surface area contributed by atoms with Crippen LogP contribution in [-0.2, 0) is 0 Å². The Balaban J connectivity index is 1.66. The summed E-state index contributed by atoms with van der Waals surface area (Å²) in [6.07, 6.45) is 9.88. The third kappa shape index (κ3) is 2.96. The van der Waals surface area contributed by atoms with E-state index in [9.17, 15) is 0 Å². The predicted octanol–water partition coefficient (Wildman–Crippen LogP) is 1.49. The molecule has 3 nitrogen and oxygen atoms in total. The molecule has 3 heteroatoms. The topological polar surface area (TPSA) is 49.5 Å². The number of aliphatic hydroxyl groups is 1. The average molecular weight is 226 g/mol. The molecule has 2 heterocycles. The van der Waals surface area contributed by atoms with Crippen LogP contribution < -0.4 is 5.73 Å². The molecular weight excluding hydrogens is 200 g/mol. The van der Waals surface area contributed by atoms with E-state index in [0.717, 1.165) is 18.5 Å². The predicted molar refractivity (Wildman–Crippen MR) is 66.3 cm³/mol. The van der Waals surface area contributed by atoms with E-state index < -0.39 is 0 Å². The van der Waals surface area contributed by atoms with Gasteiger partial charge >= 0.3 is 0 Å². The number of aliphatic hydroxyl groups excluding tert-OH is 1. The Kier molecular flexibility index (Phi) is 4.62. The number of rotatable bonds is 6. The first kappa shape index (κ1) is 12.3. The van der Waals surface area contributed by atoms with Crippen LogP contribution in [0, 0.1) is 0 Å². The Bertz CT molecular complexity index is 196. The number of unbranched alkanes of at least 4 members (excludes halogenated alkanes) is 3. The summed E-state index contributed by atoms with van der Waals surface area (Å²) in [5, 5.41) is 8.71. The molecule has 2 fully saturated rings. The lowest BCUT2D eigenvalue weighted by Gasteiger charge is -2.37. The molecule has 2 aliphatic heterocycles. The van der Waals surface area contributed by atoms with Crippen LogP contribution in [0.5, 0.6) is 0 Å². The third-order valence-electron chi connectivity index (χ3n) is 4.25. The van der Waals surface area contributed by atoms with Crippen molar-refractivity contribution >= 4 is 0 Å². The van der Waals surface area contributed by atoms with Gasteiger partial charge in [-0.1, -0.05) is 12.8 Å². The van der Waals surface area contributed by atoms with Gasteiger partial charge in [-0.05, 0) is 45.1 Å². The fraction of sp³-hybridized carbons (Fsp3) is 1.00. The summed E-state index contributed by atoms with van der Waals surface area (Å²) in [5.41, 5.74) is 6.06. The number of fused-ring (bicyclic) bond motifs is 2. The lowest BCUT2D eigenvalue weighted by atomic mass is 9.98. The molecule has 2 bridgehead atoms. The second-order valence-electron chi connectivity index (χ2n) is 5.49. The molecule has 0 radical (unpaired) electrons. The smallest absolute Gasteiger partial charge is 0.0431 e. The Hall–Kier alpha value is -0.120. The lowest BCUT2D eigenvalue weighted by Crippen LogP contribution is -2.47. The fourth-order valence-electron chi connectivity index (χ4n) is 3.44. The molecule has 0 spiro atoms. The SMILES string of the molecule is NC1CC2CCC(C1)N2CCCCCCO. The standard InChI is InChI=1S/C13H26N2O/c14-11-9-12-5-6-13(10-11)15(12)7-3-1-2-4-8-16/h11-13,16H,1-10,14H2. The number of piperidine rings is 1. The summed E-state index contributed by atoms with van der Waals surface area (Å²) in [5.74, 6) is 0. The van der Waals surface area contributed by atoms with Crippen molar-refractivity contribution in [1.29, 1.82) is 0 Å². The van der Waals surface area contributed by atoms with Gasteiger partial charge in [0.1, 0.15) is 0 Å². The van der Waals surface area contributed by atoms with Gasteiger partial charge in [-0.3, -0.25) is 4.90 Å². The number of hydrogen-bond donors (Lipinski definition) is 2. The minimum Gasteiger partial charge on any atom is -0.396 e. The first-order valence-corrected chi connectivity index (χ1v) is 6.93. The molecule has 2 aliphatic rings. The number of nitrogens with zero attached hydrogens (tertiary/aromatic N) is 1. The highest BCUT2D eigenvalue weighted by atomic mass is 16.2. The highest BCUT2D eigenvalue weighted by Crippen LogP contribution is 2.35. The monoisotopic (exact) mass is 226 g/mol. The van der Waals surface area contributed by atoms with Gasteiger partial charge in [-0.15, -0.1) is 0 Å². The Morgan fingerprint density at radius 1 is 1.00 bits per heavy atom. The van der Waals surface area contributed by atoms with Gasteiger partial charge in [-0.2, -0.15) is 0 Å². The minimum atomic E-state index is 0.351. The fourth-order valence-corrected chi connectivity index (χ4v) is 3.44. The van der Waals surface area contributed by atoms with E-state index in [1.807, 2.05) is 0 Å². The molecule has 2 atom stereocenters. The van der Waals surface area contributed by atoms with Crippen molar-refractivity contribution in [2.45, 2.75) is 69.5 Å². The summed E-state index contributed by atoms with van der Waals surface area (Å²) in [4.78, 5) is 2.71. The van der Waals surface area contributed by atoms with E-state index in [2.05, 4.69) is 4.90 Å². The Morgan fingerprint density at radius 3 is 2.25 bits per heavy atom. The molecule has 94 valence electrons. The molecule has 0 aromatic rings. The zero-order valence-electron chi connectivity index (χ0n) is 10.3. The van der Waals surface area contributed by atoms with Crippen LogP contribution in [0.25, 0.3) is 0 Å². The van der Waals surface area contributed by atoms with Crippen LogP contribution in [0.2, 0.25) is 0 Å². The minimum absolute atomic E-state index is 0.351. The van der Waals surface area contributed by atoms with E-state index in [0.29, 0.717) is 12.6 Å². The summed E-state index contributed by atoms with van der Waals surface area (Å²) in [6.45, 7) is 1.61. The average Bonchev–Trinajstić information content (AvgIpc) is 2.51. The van der Waals surface area contributed by atoms with Crippen molar-refractivity contribution in [3.05, 3.63) is 0 Å². The zero-order valence-corrected chi connectivity index (χ0v) is 10.3. The molecule has 2 rings (SSSR count). The van der Waals surface area contributed by atoms with Crippen LogP contribution in [-0.4, -0.2) is 41.3 Å². The molecule has 16 heavy (non-hydrogen) atoms. The lowest BCUT2D eigenvalue weighted by molar-refractivity contribution is 0.125. The highest BCUT2D eigenvalue weighted by Gasteiger charge is 2.38. The van der Waals surface area contributed by atoms with Crippen LogP contribution in [0.4, 0.5) is 0 Å². The highest BCUT2D eigenvalue weighted by molar-refractivity contribution is 4.96. The van der Waals surface area contributed by atoms with Gasteiger partial charge in [-0.25, -0.2) is 0 Å². The second kappa shape index (κ2) is 5.99. The van der Waals surface area contributed by atoms with Gasteiger partial charge < -0.3 is 10.8 Å². The largest absolute Gasteiger partial charge is 0.396 e. The van der Waals surface area contributed by atoms with Crippen molar-refractivity contribution < 1.29 is 5.11 Å². The summed E-state index contributed by atoms with van der Waals surface area (Å²) in [6, 6.07) is 2.03. The maximum atomic E-state index is 8.71. The first-order valence-electron chi connectivity index (χ1n) is 6.93. The maximum Gasteiger partial charge on any atom is 0.0431 e. The summed E-state index contributed by atoms with van der Waals surface area (Å²) >= 11 is 0. The van der Waals surface area contributed by atoms with Crippen molar-refractivity contribution in [1.82, 2.24) is 4.90 Å². The van der Waals surface area contributed by atoms with Crippen molar-refractivity contribution in [3.63, 3.8) is 0 Å². The molecule has 0 saturated carbocycles. The first-order chi connectivity index (χ1) is 7.81. The quantitative estimate of drug-likeness (QED) is 0.675. The Morgan fingerprint density at radius 2 is 1.62 bits per heavy atom. The molecule has 0 aromatic carbocycles. The van der Waals surface area contributed by atoms with E-state index in [4.69, 9.17) is 10.8 Å². The van der Waals surface area contributed by atoms with Crippen LogP contribution >= 0.6 is 0 Å². The molecule has 2 saturated heterocycles. The van der Waals surface area contributed by atoms with Gasteiger partial charge in [0.2, 0.25) is 0 Å². The van der Waals surface area contributed by atoms with Gasteiger partial charge in [0.15, 0.2) is 0 Å². The van der Waals surface area contributed by atoms with Gasteiger partial charge in [0.05, 0.1) is 0 Å². The van der Waals surface area contributed by atoms with Crippen molar-refractivity contribution in [2.75, 3.05) is 13.2 Å².